The summed E-state index contributed by atoms with van der Waals surface area (Å²) in [5.74, 6) is -0.964. The molecule has 4 amide bonds. The molecule has 0 saturated carbocycles. The number of hydrogen-bond donors (Lipinski definition) is 4. The number of benzene rings is 2. The normalized spacial score (nSPS) is 13.0. The molecule has 0 unspecified atom stereocenters. The molecule has 1 aliphatic heterocycles. The van der Waals surface area contributed by atoms with Crippen molar-refractivity contribution >= 4 is 34.4 Å². The molecule has 0 bridgehead atoms. The molecule has 0 aliphatic carbocycles. The standard InChI is InChI=1S/C24H32N6O4/c25-9-11-27-20(31)7-13-29(14-8-21(32)28-12-10-26)15-16-30-23(33)18-5-1-3-17-4-2-6-19(22(17)18)24(30)34/h1-6H,7-16,25-26H2,(H,27,31)(H,28,32). The van der Waals surface area contributed by atoms with Gasteiger partial charge in [-0.1, -0.05) is 24.3 Å². The Labute approximate surface area is 198 Å². The molecule has 0 fully saturated rings. The number of nitrogens with two attached hydrogens (primary N) is 2. The van der Waals surface area contributed by atoms with E-state index in [1.807, 2.05) is 17.0 Å². The van der Waals surface area contributed by atoms with Gasteiger partial charge < -0.3 is 27.0 Å². The fourth-order valence-corrected chi connectivity index (χ4v) is 3.98. The molecule has 2 aromatic carbocycles. The molecule has 0 spiro atoms. The smallest absolute Gasteiger partial charge is 0.261 e. The molecule has 0 saturated heterocycles. The minimum absolute atomic E-state index is 0.145. The van der Waals surface area contributed by atoms with Crippen molar-refractivity contribution in [2.75, 3.05) is 52.4 Å². The van der Waals surface area contributed by atoms with Crippen molar-refractivity contribution in [3.8, 4) is 0 Å². The molecular formula is C24H32N6O4. The number of imide groups is 1. The molecule has 1 aliphatic rings. The predicted molar refractivity (Wildman–Crippen MR) is 129 cm³/mol. The first-order valence-corrected chi connectivity index (χ1v) is 11.5. The Hall–Kier alpha value is -3.34. The third-order valence-electron chi connectivity index (χ3n) is 5.74. The lowest BCUT2D eigenvalue weighted by molar-refractivity contribution is -0.121. The van der Waals surface area contributed by atoms with Crippen LogP contribution in [0.5, 0.6) is 0 Å². The molecule has 0 aromatic heterocycles. The molecule has 0 radical (unpaired) electrons. The summed E-state index contributed by atoms with van der Waals surface area (Å²) >= 11 is 0. The van der Waals surface area contributed by atoms with Crippen LogP contribution in [0, 0.1) is 0 Å². The van der Waals surface area contributed by atoms with Gasteiger partial charge in [0.1, 0.15) is 0 Å². The molecule has 6 N–H and O–H groups in total. The van der Waals surface area contributed by atoms with Gasteiger partial charge in [0.25, 0.3) is 11.8 Å². The average Bonchev–Trinajstić information content (AvgIpc) is 2.85. The number of carbonyl (C=O) groups excluding carboxylic acids is 4. The van der Waals surface area contributed by atoms with Crippen molar-refractivity contribution in [2.24, 2.45) is 11.5 Å². The first kappa shape index (κ1) is 25.3. The Balaban J connectivity index is 1.67. The van der Waals surface area contributed by atoms with Crippen LogP contribution >= 0.6 is 0 Å². The minimum atomic E-state index is -0.337. The summed E-state index contributed by atoms with van der Waals surface area (Å²) in [6.07, 6.45) is 0.433. The minimum Gasteiger partial charge on any atom is -0.355 e. The van der Waals surface area contributed by atoms with E-state index in [9.17, 15) is 19.2 Å². The number of amides is 4. The fraction of sp³-hybridized carbons (Fsp3) is 0.417. The zero-order valence-electron chi connectivity index (χ0n) is 19.2. The summed E-state index contributed by atoms with van der Waals surface area (Å²) in [6, 6.07) is 10.8. The van der Waals surface area contributed by atoms with E-state index in [1.54, 1.807) is 24.3 Å². The van der Waals surface area contributed by atoms with E-state index in [-0.39, 0.29) is 43.0 Å². The zero-order valence-corrected chi connectivity index (χ0v) is 19.2. The van der Waals surface area contributed by atoms with Gasteiger partial charge in [0, 0.05) is 81.7 Å². The van der Waals surface area contributed by atoms with E-state index in [0.717, 1.165) is 5.39 Å². The highest BCUT2D eigenvalue weighted by Gasteiger charge is 2.32. The maximum absolute atomic E-state index is 13.1. The Morgan fingerprint density at radius 1 is 0.794 bits per heavy atom. The topological polar surface area (TPSA) is 151 Å². The highest BCUT2D eigenvalue weighted by Crippen LogP contribution is 2.29. The summed E-state index contributed by atoms with van der Waals surface area (Å²) in [5.41, 5.74) is 11.8. The summed E-state index contributed by atoms with van der Waals surface area (Å²) in [5, 5.41) is 6.97. The quantitative estimate of drug-likeness (QED) is 0.294. The lowest BCUT2D eigenvalue weighted by Crippen LogP contribution is -2.45. The van der Waals surface area contributed by atoms with Gasteiger partial charge in [-0.15, -0.1) is 0 Å². The lowest BCUT2D eigenvalue weighted by atomic mass is 9.94. The second-order valence-corrected chi connectivity index (χ2v) is 8.09. The van der Waals surface area contributed by atoms with Crippen LogP contribution in [-0.2, 0) is 9.59 Å². The average molecular weight is 469 g/mol. The van der Waals surface area contributed by atoms with Gasteiger partial charge in [0.15, 0.2) is 0 Å². The molecule has 3 rings (SSSR count). The highest BCUT2D eigenvalue weighted by atomic mass is 16.2. The van der Waals surface area contributed by atoms with Gasteiger partial charge in [-0.05, 0) is 17.5 Å². The Kier molecular flexibility index (Phi) is 9.08. The predicted octanol–water partition coefficient (Wildman–Crippen LogP) is -0.332. The van der Waals surface area contributed by atoms with Crippen molar-refractivity contribution in [1.29, 1.82) is 0 Å². The van der Waals surface area contributed by atoms with E-state index < -0.39 is 0 Å². The van der Waals surface area contributed by atoms with E-state index in [0.29, 0.717) is 62.3 Å². The molecule has 0 atom stereocenters. The number of hydrogen-bond acceptors (Lipinski definition) is 7. The van der Waals surface area contributed by atoms with Crippen LogP contribution in [0.25, 0.3) is 10.8 Å². The highest BCUT2D eigenvalue weighted by molar-refractivity contribution is 6.25. The van der Waals surface area contributed by atoms with Gasteiger partial charge in [-0.2, -0.15) is 0 Å². The van der Waals surface area contributed by atoms with Crippen LogP contribution in [0.3, 0.4) is 0 Å². The molecule has 34 heavy (non-hydrogen) atoms. The van der Waals surface area contributed by atoms with E-state index in [2.05, 4.69) is 10.6 Å². The Bertz CT molecular complexity index is 982. The van der Waals surface area contributed by atoms with Gasteiger partial charge in [-0.3, -0.25) is 24.1 Å². The molecule has 10 heteroatoms. The maximum atomic E-state index is 13.1. The van der Waals surface area contributed by atoms with Gasteiger partial charge in [0.05, 0.1) is 0 Å². The molecular weight excluding hydrogens is 436 g/mol. The Morgan fingerprint density at radius 2 is 1.29 bits per heavy atom. The molecule has 182 valence electrons. The number of nitrogens with zero attached hydrogens (tertiary/aromatic N) is 2. The first-order valence-electron chi connectivity index (χ1n) is 11.5. The second-order valence-electron chi connectivity index (χ2n) is 8.09. The molecule has 2 aromatic rings. The first-order chi connectivity index (χ1) is 16.5. The SMILES string of the molecule is NCCNC(=O)CCN(CCC(=O)NCCN)CCN1C(=O)c2cccc3cccc(c23)C1=O. The Morgan fingerprint density at radius 3 is 1.76 bits per heavy atom. The molecule has 1 heterocycles. The van der Waals surface area contributed by atoms with Crippen LogP contribution in [0.4, 0.5) is 0 Å². The van der Waals surface area contributed by atoms with Crippen molar-refractivity contribution in [3.05, 3.63) is 47.5 Å². The van der Waals surface area contributed by atoms with Crippen LogP contribution in [-0.4, -0.2) is 85.8 Å². The third-order valence-corrected chi connectivity index (χ3v) is 5.74. The number of nitrogens with one attached hydrogen (secondary N) is 2. The second kappa shape index (κ2) is 12.2. The van der Waals surface area contributed by atoms with E-state index in [1.165, 1.54) is 4.90 Å². The van der Waals surface area contributed by atoms with Gasteiger partial charge in [-0.25, -0.2) is 0 Å². The van der Waals surface area contributed by atoms with Gasteiger partial charge >= 0.3 is 0 Å². The number of rotatable bonds is 13. The largest absolute Gasteiger partial charge is 0.355 e. The number of carbonyl (C=O) groups is 4. The van der Waals surface area contributed by atoms with Crippen molar-refractivity contribution in [1.82, 2.24) is 20.4 Å². The summed E-state index contributed by atoms with van der Waals surface area (Å²) in [4.78, 5) is 53.5. The van der Waals surface area contributed by atoms with Gasteiger partial charge in [0.2, 0.25) is 11.8 Å². The van der Waals surface area contributed by atoms with Crippen molar-refractivity contribution in [2.45, 2.75) is 12.8 Å². The fourth-order valence-electron chi connectivity index (χ4n) is 3.98. The van der Waals surface area contributed by atoms with Crippen LogP contribution in [0.1, 0.15) is 33.6 Å². The van der Waals surface area contributed by atoms with Crippen molar-refractivity contribution in [3.63, 3.8) is 0 Å². The summed E-state index contributed by atoms with van der Waals surface area (Å²) in [6.45, 7) is 2.73. The van der Waals surface area contributed by atoms with Crippen LogP contribution in [0.15, 0.2) is 36.4 Å². The van der Waals surface area contributed by atoms with Crippen LogP contribution < -0.4 is 22.1 Å². The zero-order chi connectivity index (χ0) is 24.5. The van der Waals surface area contributed by atoms with E-state index in [4.69, 9.17) is 11.5 Å². The third kappa shape index (κ3) is 6.16. The molecule has 10 nitrogen and oxygen atoms in total. The van der Waals surface area contributed by atoms with Crippen molar-refractivity contribution < 1.29 is 19.2 Å². The lowest BCUT2D eigenvalue weighted by Gasteiger charge is -2.30. The van der Waals surface area contributed by atoms with E-state index >= 15 is 0 Å². The monoisotopic (exact) mass is 468 g/mol. The summed E-state index contributed by atoms with van der Waals surface area (Å²) in [7, 11) is 0. The maximum Gasteiger partial charge on any atom is 0.261 e. The summed E-state index contributed by atoms with van der Waals surface area (Å²) < 4.78 is 0. The van der Waals surface area contributed by atoms with Crippen LogP contribution in [0.2, 0.25) is 0 Å².